The Labute approximate surface area is 149 Å². The standard InChI is InChI=1S/C19H18FN3O3/c1-2-14-10-18(26-21-14)16-4-3-9-23(16)19(24)15-11-17(25-22-15)12-5-7-13(20)8-6-12/h5-8,10-11,16H,2-4,9H2,1H3/t16-/m0/s1. The molecule has 1 aliphatic rings. The molecule has 4 rings (SSSR count). The largest absolute Gasteiger partial charge is 0.359 e. The molecule has 0 N–H and O–H groups in total. The van der Waals surface area contributed by atoms with Crippen molar-refractivity contribution in [2.24, 2.45) is 0 Å². The van der Waals surface area contributed by atoms with Gasteiger partial charge in [-0.25, -0.2) is 4.39 Å². The number of aromatic nitrogens is 2. The summed E-state index contributed by atoms with van der Waals surface area (Å²) in [6.45, 7) is 2.63. The first kappa shape index (κ1) is 16.5. The molecule has 1 saturated heterocycles. The average molecular weight is 355 g/mol. The molecule has 1 aliphatic heterocycles. The zero-order chi connectivity index (χ0) is 18.1. The molecule has 0 aliphatic carbocycles. The van der Waals surface area contributed by atoms with Crippen LogP contribution in [0.3, 0.4) is 0 Å². The van der Waals surface area contributed by atoms with Crippen molar-refractivity contribution in [3.8, 4) is 11.3 Å². The number of likely N-dealkylation sites (tertiary alicyclic amines) is 1. The fourth-order valence-electron chi connectivity index (χ4n) is 3.23. The molecule has 0 saturated carbocycles. The van der Waals surface area contributed by atoms with Crippen molar-refractivity contribution in [3.05, 3.63) is 59.4 Å². The van der Waals surface area contributed by atoms with Crippen molar-refractivity contribution in [2.45, 2.75) is 32.2 Å². The van der Waals surface area contributed by atoms with Crippen molar-refractivity contribution >= 4 is 5.91 Å². The SMILES string of the molecule is CCc1cc([C@@H]2CCCN2C(=O)c2cc(-c3ccc(F)cc3)on2)on1. The minimum Gasteiger partial charge on any atom is -0.359 e. The molecule has 0 unspecified atom stereocenters. The van der Waals surface area contributed by atoms with Gasteiger partial charge in [-0.3, -0.25) is 4.79 Å². The summed E-state index contributed by atoms with van der Waals surface area (Å²) in [6, 6.07) is 9.20. The molecule has 7 heteroatoms. The molecule has 3 aromatic rings. The van der Waals surface area contributed by atoms with Gasteiger partial charge in [0, 0.05) is 24.2 Å². The fourth-order valence-corrected chi connectivity index (χ4v) is 3.23. The molecular weight excluding hydrogens is 337 g/mol. The Balaban J connectivity index is 1.56. The van der Waals surface area contributed by atoms with Gasteiger partial charge in [0.25, 0.3) is 5.91 Å². The Hall–Kier alpha value is -2.96. The van der Waals surface area contributed by atoms with E-state index in [-0.39, 0.29) is 23.5 Å². The van der Waals surface area contributed by atoms with Crippen LogP contribution in [-0.4, -0.2) is 27.7 Å². The van der Waals surface area contributed by atoms with E-state index in [4.69, 9.17) is 9.05 Å². The van der Waals surface area contributed by atoms with Gasteiger partial charge >= 0.3 is 0 Å². The molecule has 6 nitrogen and oxygen atoms in total. The normalized spacial score (nSPS) is 17.0. The van der Waals surface area contributed by atoms with Crippen LogP contribution >= 0.6 is 0 Å². The van der Waals surface area contributed by atoms with Crippen molar-refractivity contribution in [1.82, 2.24) is 15.2 Å². The Kier molecular flexibility index (Phi) is 4.28. The van der Waals surface area contributed by atoms with Gasteiger partial charge in [0.1, 0.15) is 5.82 Å². The summed E-state index contributed by atoms with van der Waals surface area (Å²) in [5, 5.41) is 7.92. The van der Waals surface area contributed by atoms with Crippen molar-refractivity contribution in [3.63, 3.8) is 0 Å². The Morgan fingerprint density at radius 1 is 1.23 bits per heavy atom. The average Bonchev–Trinajstić information content (AvgIpc) is 3.40. The van der Waals surface area contributed by atoms with Crippen molar-refractivity contribution in [2.75, 3.05) is 6.54 Å². The summed E-state index contributed by atoms with van der Waals surface area (Å²) in [6.07, 6.45) is 2.50. The second kappa shape index (κ2) is 6.74. The number of hydrogen-bond acceptors (Lipinski definition) is 5. The van der Waals surface area contributed by atoms with Gasteiger partial charge in [0.15, 0.2) is 17.2 Å². The number of rotatable bonds is 4. The molecule has 0 radical (unpaired) electrons. The van der Waals surface area contributed by atoms with Crippen LogP contribution in [0.15, 0.2) is 45.4 Å². The zero-order valence-corrected chi connectivity index (χ0v) is 14.3. The number of carbonyl (C=O) groups is 1. The van der Waals surface area contributed by atoms with Gasteiger partial charge in [0.05, 0.1) is 11.7 Å². The lowest BCUT2D eigenvalue weighted by molar-refractivity contribution is 0.0704. The maximum Gasteiger partial charge on any atom is 0.276 e. The fraction of sp³-hybridized carbons (Fsp3) is 0.316. The summed E-state index contributed by atoms with van der Waals surface area (Å²) in [7, 11) is 0. The maximum atomic E-state index is 13.1. The first-order valence-corrected chi connectivity index (χ1v) is 8.65. The highest BCUT2D eigenvalue weighted by Crippen LogP contribution is 2.34. The van der Waals surface area contributed by atoms with E-state index in [9.17, 15) is 9.18 Å². The predicted molar refractivity (Wildman–Crippen MR) is 90.8 cm³/mol. The number of benzene rings is 1. The maximum absolute atomic E-state index is 13.1. The molecule has 0 bridgehead atoms. The zero-order valence-electron chi connectivity index (χ0n) is 14.3. The van der Waals surface area contributed by atoms with Crippen LogP contribution in [0.1, 0.15) is 47.7 Å². The second-order valence-electron chi connectivity index (χ2n) is 6.31. The number of aryl methyl sites for hydroxylation is 1. The van der Waals surface area contributed by atoms with Crippen LogP contribution in [0.25, 0.3) is 11.3 Å². The summed E-state index contributed by atoms with van der Waals surface area (Å²) < 4.78 is 23.7. The lowest BCUT2D eigenvalue weighted by Crippen LogP contribution is -2.30. The molecule has 1 aromatic carbocycles. The molecule has 2 aromatic heterocycles. The van der Waals surface area contributed by atoms with Gasteiger partial charge in [0.2, 0.25) is 0 Å². The van der Waals surface area contributed by atoms with Gasteiger partial charge < -0.3 is 13.9 Å². The highest BCUT2D eigenvalue weighted by molar-refractivity contribution is 5.93. The van der Waals surface area contributed by atoms with E-state index in [2.05, 4.69) is 10.3 Å². The van der Waals surface area contributed by atoms with E-state index >= 15 is 0 Å². The van der Waals surface area contributed by atoms with Crippen LogP contribution in [-0.2, 0) is 6.42 Å². The minimum absolute atomic E-state index is 0.138. The molecular formula is C19H18FN3O3. The van der Waals surface area contributed by atoms with E-state index in [1.807, 2.05) is 13.0 Å². The summed E-state index contributed by atoms with van der Waals surface area (Å²) in [5.74, 6) is 0.592. The van der Waals surface area contributed by atoms with E-state index in [1.165, 1.54) is 12.1 Å². The third kappa shape index (κ3) is 3.00. The first-order valence-electron chi connectivity index (χ1n) is 8.65. The van der Waals surface area contributed by atoms with Gasteiger partial charge in [-0.15, -0.1) is 0 Å². The lowest BCUT2D eigenvalue weighted by Gasteiger charge is -2.21. The third-order valence-electron chi connectivity index (χ3n) is 4.64. The Morgan fingerprint density at radius 2 is 2.04 bits per heavy atom. The summed E-state index contributed by atoms with van der Waals surface area (Å²) >= 11 is 0. The summed E-state index contributed by atoms with van der Waals surface area (Å²) in [5.41, 5.74) is 1.77. The summed E-state index contributed by atoms with van der Waals surface area (Å²) in [4.78, 5) is 14.6. The smallest absolute Gasteiger partial charge is 0.276 e. The van der Waals surface area contributed by atoms with Crippen molar-refractivity contribution < 1.29 is 18.2 Å². The number of hydrogen-bond donors (Lipinski definition) is 0. The van der Waals surface area contributed by atoms with Crippen molar-refractivity contribution in [1.29, 1.82) is 0 Å². The predicted octanol–water partition coefficient (Wildman–Crippen LogP) is 4.01. The van der Waals surface area contributed by atoms with Gasteiger partial charge in [-0.1, -0.05) is 17.2 Å². The van der Waals surface area contributed by atoms with E-state index in [0.717, 1.165) is 25.0 Å². The Bertz CT molecular complexity index is 916. The van der Waals surface area contributed by atoms with E-state index in [1.54, 1.807) is 23.1 Å². The topological polar surface area (TPSA) is 72.4 Å². The molecule has 134 valence electrons. The molecule has 3 heterocycles. The first-order chi connectivity index (χ1) is 12.7. The molecule has 0 spiro atoms. The molecule has 1 amide bonds. The highest BCUT2D eigenvalue weighted by Gasteiger charge is 2.34. The van der Waals surface area contributed by atoms with E-state index in [0.29, 0.717) is 23.6 Å². The van der Waals surface area contributed by atoms with Crippen LogP contribution < -0.4 is 0 Å². The number of halogens is 1. The van der Waals surface area contributed by atoms with Crippen LogP contribution in [0, 0.1) is 5.82 Å². The molecule has 1 atom stereocenters. The number of nitrogens with zero attached hydrogens (tertiary/aromatic N) is 3. The van der Waals surface area contributed by atoms with Gasteiger partial charge in [-0.2, -0.15) is 0 Å². The lowest BCUT2D eigenvalue weighted by atomic mass is 10.1. The second-order valence-corrected chi connectivity index (χ2v) is 6.31. The highest BCUT2D eigenvalue weighted by atomic mass is 19.1. The van der Waals surface area contributed by atoms with E-state index < -0.39 is 0 Å². The van der Waals surface area contributed by atoms with Crippen LogP contribution in [0.4, 0.5) is 4.39 Å². The monoisotopic (exact) mass is 355 g/mol. The molecule has 1 fully saturated rings. The van der Waals surface area contributed by atoms with Crippen LogP contribution in [0.5, 0.6) is 0 Å². The van der Waals surface area contributed by atoms with Gasteiger partial charge in [-0.05, 0) is 43.5 Å². The Morgan fingerprint density at radius 3 is 2.77 bits per heavy atom. The van der Waals surface area contributed by atoms with Crippen LogP contribution in [0.2, 0.25) is 0 Å². The third-order valence-corrected chi connectivity index (χ3v) is 4.64. The minimum atomic E-state index is -0.331. The number of amides is 1. The molecule has 26 heavy (non-hydrogen) atoms. The quantitative estimate of drug-likeness (QED) is 0.707. The number of carbonyl (C=O) groups excluding carboxylic acids is 1.